The number of nitrogens with two attached hydrogens (primary N) is 2. The van der Waals surface area contributed by atoms with Crippen LogP contribution in [0.25, 0.3) is 12.2 Å². The molecule has 23 heteroatoms. The van der Waals surface area contributed by atoms with Crippen molar-refractivity contribution >= 4 is 74.7 Å². The molecule has 4 aromatic carbocycles. The van der Waals surface area contributed by atoms with Gasteiger partial charge in [0.1, 0.15) is 11.5 Å². The number of sulfonamides is 2. The number of halogens is 6. The molecule has 6 N–H and O–H groups in total. The highest BCUT2D eigenvalue weighted by atomic mass is 36.0. The Morgan fingerprint density at radius 1 is 0.667 bits per heavy atom. The molecular formula is C34H32Cl2F4N2O12S3. The molecule has 0 aliphatic rings. The second-order valence-corrected chi connectivity index (χ2v) is 16.1. The largest absolute Gasteiger partial charge is 0.478 e. The Hall–Kier alpha value is -4.87. The van der Waals surface area contributed by atoms with Crippen molar-refractivity contribution in [2.24, 2.45) is 10.3 Å². The van der Waals surface area contributed by atoms with Gasteiger partial charge in [-0.3, -0.25) is 0 Å². The molecule has 0 unspecified atom stereocenters. The van der Waals surface area contributed by atoms with Crippen molar-refractivity contribution in [3.63, 3.8) is 0 Å². The van der Waals surface area contributed by atoms with Crippen molar-refractivity contribution < 1.29 is 72.6 Å². The fourth-order valence-corrected chi connectivity index (χ4v) is 4.96. The first-order valence-corrected chi connectivity index (χ1v) is 20.8. The number of carboxylic acid groups (broad SMARTS) is 1. The smallest absolute Gasteiger partial charge is 0.333 e. The maximum atomic E-state index is 14.2. The van der Waals surface area contributed by atoms with Gasteiger partial charge in [-0.15, -0.1) is 0 Å². The third kappa shape index (κ3) is 17.0. The molecule has 0 fully saturated rings. The second kappa shape index (κ2) is 22.8. The number of esters is 1. The van der Waals surface area contributed by atoms with Gasteiger partial charge in [-0.25, -0.2) is 58.5 Å². The third-order valence-electron chi connectivity index (χ3n) is 6.40. The summed E-state index contributed by atoms with van der Waals surface area (Å²) in [4.78, 5) is 21.7. The highest BCUT2D eigenvalue weighted by Gasteiger charge is 2.17. The van der Waals surface area contributed by atoms with E-state index in [1.165, 1.54) is 51.3 Å². The van der Waals surface area contributed by atoms with Crippen LogP contribution < -0.4 is 19.8 Å². The van der Waals surface area contributed by atoms with Crippen molar-refractivity contribution in [3.05, 3.63) is 118 Å². The van der Waals surface area contributed by atoms with Gasteiger partial charge in [-0.2, -0.15) is 0 Å². The van der Waals surface area contributed by atoms with Crippen LogP contribution in [0.2, 0.25) is 0 Å². The predicted molar refractivity (Wildman–Crippen MR) is 203 cm³/mol. The number of methoxy groups -OCH3 is 1. The number of carbonyl (C=O) groups is 2. The maximum absolute atomic E-state index is 14.2. The van der Waals surface area contributed by atoms with Crippen LogP contribution in [-0.2, 0) is 43.6 Å². The van der Waals surface area contributed by atoms with Gasteiger partial charge in [0, 0.05) is 39.6 Å². The minimum atomic E-state index is -3.89. The lowest BCUT2D eigenvalue weighted by Gasteiger charge is -2.09. The summed E-state index contributed by atoms with van der Waals surface area (Å²) in [5, 5.41) is 25.7. The molecule has 4 aromatic rings. The zero-order valence-corrected chi connectivity index (χ0v) is 33.7. The number of primary sulfonamides is 2. The summed E-state index contributed by atoms with van der Waals surface area (Å²) in [5.41, 5.74) is 0.205. The lowest BCUT2D eigenvalue weighted by molar-refractivity contribution is -0.136. The lowest BCUT2D eigenvalue weighted by Crippen LogP contribution is -2.11. The van der Waals surface area contributed by atoms with Crippen molar-refractivity contribution in [1.29, 1.82) is 0 Å². The number of hydrogen-bond donors (Lipinski definition) is 4. The van der Waals surface area contributed by atoms with Crippen molar-refractivity contribution in [2.75, 3.05) is 14.2 Å². The SMILES string of the molecule is C/C(=C\c1cc(F)c(Oc2ccc(S(N)(=O)=O)cc2)c(F)c1)C(=O)O.CO.COC(=O)/C(C)=C/c1cc(F)c(Oc2ccc(S(N)(=O)=O)cc2)c(F)c1.O=S(Cl)Cl. The van der Waals surface area contributed by atoms with Gasteiger partial charge in [0.2, 0.25) is 29.3 Å². The number of benzene rings is 4. The predicted octanol–water partition coefficient (Wildman–Crippen LogP) is 6.52. The van der Waals surface area contributed by atoms with Crippen LogP contribution in [0, 0.1) is 23.3 Å². The Morgan fingerprint density at radius 3 is 1.19 bits per heavy atom. The van der Waals surface area contributed by atoms with Gasteiger partial charge in [0.05, 0.1) is 16.9 Å². The van der Waals surface area contributed by atoms with Gasteiger partial charge in [-0.1, -0.05) is 0 Å². The van der Waals surface area contributed by atoms with Crippen LogP contribution in [0.5, 0.6) is 23.0 Å². The molecule has 4 rings (SSSR count). The molecule has 0 bridgehead atoms. The molecule has 0 radical (unpaired) electrons. The maximum Gasteiger partial charge on any atom is 0.333 e. The minimum absolute atomic E-state index is 0.00444. The Morgan fingerprint density at radius 2 is 0.947 bits per heavy atom. The summed E-state index contributed by atoms with van der Waals surface area (Å²) in [6, 6.07) is 13.2. The molecule has 0 saturated carbocycles. The quantitative estimate of drug-likeness (QED) is 0.0576. The van der Waals surface area contributed by atoms with Crippen LogP contribution in [0.15, 0.2) is 93.7 Å². The molecule has 57 heavy (non-hydrogen) atoms. The fraction of sp³-hybridized carbons (Fsp3) is 0.118. The van der Waals surface area contributed by atoms with E-state index in [1.54, 1.807) is 0 Å². The molecule has 0 atom stereocenters. The van der Waals surface area contributed by atoms with Gasteiger partial charge in [0.15, 0.2) is 34.8 Å². The first kappa shape index (κ1) is 50.1. The summed E-state index contributed by atoms with van der Waals surface area (Å²) >= 11 is 0. The molecule has 0 spiro atoms. The highest BCUT2D eigenvalue weighted by molar-refractivity contribution is 8.26. The Bertz CT molecular complexity index is 2320. The van der Waals surface area contributed by atoms with Crippen LogP contribution >= 0.6 is 21.4 Å². The van der Waals surface area contributed by atoms with Crippen LogP contribution in [0.4, 0.5) is 17.6 Å². The number of hydrogen-bond acceptors (Lipinski definition) is 11. The Labute approximate surface area is 335 Å². The van der Waals surface area contributed by atoms with E-state index in [-0.39, 0.29) is 43.6 Å². The molecular weight excluding hydrogens is 871 g/mol. The Balaban J connectivity index is 0.000000501. The summed E-state index contributed by atoms with van der Waals surface area (Å²) in [6.07, 6.45) is 2.38. The van der Waals surface area contributed by atoms with Gasteiger partial charge >= 0.3 is 11.9 Å². The van der Waals surface area contributed by atoms with E-state index in [2.05, 4.69) is 26.1 Å². The molecule has 0 aliphatic heterocycles. The summed E-state index contributed by atoms with van der Waals surface area (Å²) in [7, 11) is 1.78. The van der Waals surface area contributed by atoms with E-state index in [1.807, 2.05) is 0 Å². The fourth-order valence-electron chi connectivity index (χ4n) is 3.93. The van der Waals surface area contributed by atoms with Gasteiger partial charge in [0.25, 0.3) is 0 Å². The third-order valence-corrected chi connectivity index (χ3v) is 8.26. The lowest BCUT2D eigenvalue weighted by atomic mass is 10.1. The van der Waals surface area contributed by atoms with Gasteiger partial charge < -0.3 is 24.4 Å². The summed E-state index contributed by atoms with van der Waals surface area (Å²) in [6.45, 7) is 2.73. The van der Waals surface area contributed by atoms with Crippen LogP contribution in [-0.4, -0.2) is 57.4 Å². The van der Waals surface area contributed by atoms with Gasteiger partial charge in [-0.05, 0) is 110 Å². The van der Waals surface area contributed by atoms with E-state index < -0.39 is 76.0 Å². The number of aliphatic hydroxyl groups is 1. The zero-order chi connectivity index (χ0) is 43.8. The van der Waals surface area contributed by atoms with E-state index >= 15 is 0 Å². The number of carbonyl (C=O) groups excluding carboxylic acids is 1. The average molecular weight is 904 g/mol. The van der Waals surface area contributed by atoms with Crippen molar-refractivity contribution in [3.8, 4) is 23.0 Å². The normalized spacial score (nSPS) is 11.5. The van der Waals surface area contributed by atoms with E-state index in [0.717, 1.165) is 61.7 Å². The number of carboxylic acids is 1. The van der Waals surface area contributed by atoms with E-state index in [0.29, 0.717) is 0 Å². The standard InChI is InChI=1S/C17H15F2NO5S.C16H13F2NO5S.CH4O.Cl2OS/c1-10(17(21)24-2)7-11-8-14(18)16(15(19)9-11)25-12-3-5-13(6-4-12)26(20,22)23;1-9(16(20)21)6-10-7-13(17)15(14(18)8-10)24-11-2-4-12(5-3-11)25(19,22)23;1-2;1-4(2)3/h3-9H,1-2H3,(H2,20,22,23);2-8H,1H3,(H,20,21)(H2,19,22,23);2H,1H3;/b10-7+;9-6+;;. The molecule has 0 saturated heterocycles. The van der Waals surface area contributed by atoms with Crippen LogP contribution in [0.3, 0.4) is 0 Å². The van der Waals surface area contributed by atoms with E-state index in [9.17, 15) is 44.0 Å². The summed E-state index contributed by atoms with van der Waals surface area (Å²) in [5.74, 6) is -7.26. The van der Waals surface area contributed by atoms with Crippen molar-refractivity contribution in [2.45, 2.75) is 23.6 Å². The number of aliphatic hydroxyl groups excluding tert-OH is 1. The topological polar surface area (TPSA) is 240 Å². The second-order valence-electron chi connectivity index (χ2n) is 10.5. The summed E-state index contributed by atoms with van der Waals surface area (Å²) < 4.78 is 125. The number of aliphatic carboxylic acids is 1. The van der Waals surface area contributed by atoms with Crippen LogP contribution in [0.1, 0.15) is 25.0 Å². The molecule has 0 amide bonds. The number of rotatable bonds is 10. The highest BCUT2D eigenvalue weighted by Crippen LogP contribution is 2.31. The average Bonchev–Trinajstić information content (AvgIpc) is 3.11. The first-order valence-electron chi connectivity index (χ1n) is 14.9. The van der Waals surface area contributed by atoms with Crippen molar-refractivity contribution in [1.82, 2.24) is 0 Å². The Kier molecular flexibility index (Phi) is 20.0. The molecule has 310 valence electrons. The monoisotopic (exact) mass is 902 g/mol. The molecule has 0 aromatic heterocycles. The molecule has 14 nitrogen and oxygen atoms in total. The molecule has 0 aliphatic carbocycles. The zero-order valence-electron chi connectivity index (χ0n) is 29.7. The minimum Gasteiger partial charge on any atom is -0.478 e. The number of ether oxygens (including phenoxy) is 3. The first-order chi connectivity index (χ1) is 26.4. The molecule has 0 heterocycles. The van der Waals surface area contributed by atoms with E-state index in [4.69, 9.17) is 34.2 Å².